The first kappa shape index (κ1) is 20.3. The molecule has 0 saturated carbocycles. The van der Waals surface area contributed by atoms with Gasteiger partial charge in [-0.1, -0.05) is 41.9 Å². The Balaban J connectivity index is 1.63. The molecule has 0 fully saturated rings. The molecule has 0 unspecified atom stereocenters. The first-order valence-corrected chi connectivity index (χ1v) is 9.39. The zero-order chi connectivity index (χ0) is 20.8. The fourth-order valence-electron chi connectivity index (χ4n) is 2.69. The van der Waals surface area contributed by atoms with Gasteiger partial charge in [-0.2, -0.15) is 5.10 Å². The Morgan fingerprint density at radius 3 is 2.10 bits per heavy atom. The number of nitrogens with zero attached hydrogens (tertiary/aromatic N) is 1. The van der Waals surface area contributed by atoms with Crippen LogP contribution in [0.1, 0.15) is 38.8 Å². The summed E-state index contributed by atoms with van der Waals surface area (Å²) in [7, 11) is 0. The van der Waals surface area contributed by atoms with Crippen molar-refractivity contribution in [2.45, 2.75) is 13.8 Å². The van der Waals surface area contributed by atoms with Gasteiger partial charge in [0, 0.05) is 21.8 Å². The van der Waals surface area contributed by atoms with Crippen LogP contribution in [-0.2, 0) is 0 Å². The summed E-state index contributed by atoms with van der Waals surface area (Å²) < 4.78 is 0. The topological polar surface area (TPSA) is 70.6 Å². The van der Waals surface area contributed by atoms with Crippen LogP contribution in [0.5, 0.6) is 0 Å². The number of amides is 2. The van der Waals surface area contributed by atoms with Crippen LogP contribution in [-0.4, -0.2) is 17.5 Å². The molecule has 0 saturated heterocycles. The van der Waals surface area contributed by atoms with Gasteiger partial charge in [-0.05, 0) is 67.4 Å². The molecule has 3 rings (SSSR count). The maximum atomic E-state index is 12.3. The Hall–Kier alpha value is -3.44. The number of hydrazone groups is 1. The summed E-state index contributed by atoms with van der Waals surface area (Å²) in [5, 5.41) is 7.58. The summed E-state index contributed by atoms with van der Waals surface area (Å²) in [5.74, 6) is -0.473. The molecule has 146 valence electrons. The predicted octanol–water partition coefficient (Wildman–Crippen LogP) is 5.05. The molecule has 0 aliphatic carbocycles. The molecule has 0 atom stereocenters. The van der Waals surface area contributed by atoms with Crippen LogP contribution in [0.4, 0.5) is 5.69 Å². The van der Waals surface area contributed by atoms with Gasteiger partial charge in [0.25, 0.3) is 11.8 Å². The molecule has 3 aromatic rings. The van der Waals surface area contributed by atoms with E-state index in [-0.39, 0.29) is 11.8 Å². The van der Waals surface area contributed by atoms with E-state index in [0.717, 1.165) is 11.1 Å². The zero-order valence-corrected chi connectivity index (χ0v) is 16.8. The van der Waals surface area contributed by atoms with Gasteiger partial charge >= 0.3 is 0 Å². The molecular weight excluding hydrogens is 386 g/mol. The van der Waals surface area contributed by atoms with Crippen molar-refractivity contribution in [2.24, 2.45) is 5.10 Å². The number of carbonyl (C=O) groups is 2. The number of rotatable bonds is 5. The molecule has 0 radical (unpaired) electrons. The summed E-state index contributed by atoms with van der Waals surface area (Å²) in [6.45, 7) is 3.68. The van der Waals surface area contributed by atoms with E-state index in [0.29, 0.717) is 27.5 Å². The molecule has 2 N–H and O–H groups in total. The number of nitrogens with one attached hydrogen (secondary N) is 2. The number of benzene rings is 3. The quantitative estimate of drug-likeness (QED) is 0.460. The Kier molecular flexibility index (Phi) is 6.42. The summed E-state index contributed by atoms with van der Waals surface area (Å²) in [6, 6.07) is 21.2. The third-order valence-corrected chi connectivity index (χ3v) is 4.63. The van der Waals surface area contributed by atoms with Crippen molar-refractivity contribution in [2.75, 3.05) is 5.32 Å². The third-order valence-electron chi connectivity index (χ3n) is 4.38. The second kappa shape index (κ2) is 9.17. The molecule has 6 heteroatoms. The number of halogens is 1. The number of aryl methyl sites for hydroxylation is 1. The lowest BCUT2D eigenvalue weighted by molar-refractivity contribution is 0.0953. The second-order valence-electron chi connectivity index (χ2n) is 6.49. The van der Waals surface area contributed by atoms with Gasteiger partial charge in [-0.25, -0.2) is 5.43 Å². The summed E-state index contributed by atoms with van der Waals surface area (Å²) >= 11 is 5.84. The van der Waals surface area contributed by atoms with Crippen molar-refractivity contribution >= 4 is 34.8 Å². The van der Waals surface area contributed by atoms with Crippen molar-refractivity contribution in [1.82, 2.24) is 5.43 Å². The van der Waals surface area contributed by atoms with E-state index in [1.807, 2.05) is 37.3 Å². The molecule has 2 amide bonds. The molecule has 29 heavy (non-hydrogen) atoms. The van der Waals surface area contributed by atoms with E-state index in [1.165, 1.54) is 0 Å². The maximum Gasteiger partial charge on any atom is 0.271 e. The highest BCUT2D eigenvalue weighted by Gasteiger charge is 2.08. The lowest BCUT2D eigenvalue weighted by Crippen LogP contribution is -2.20. The maximum absolute atomic E-state index is 12.3. The van der Waals surface area contributed by atoms with Gasteiger partial charge in [-0.15, -0.1) is 0 Å². The van der Waals surface area contributed by atoms with E-state index in [1.54, 1.807) is 49.4 Å². The molecule has 0 spiro atoms. The second-order valence-corrected chi connectivity index (χ2v) is 6.93. The Morgan fingerprint density at radius 1 is 0.828 bits per heavy atom. The van der Waals surface area contributed by atoms with Crippen molar-refractivity contribution in [3.8, 4) is 0 Å². The predicted molar refractivity (Wildman–Crippen MR) is 117 cm³/mol. The Morgan fingerprint density at radius 2 is 1.45 bits per heavy atom. The van der Waals surface area contributed by atoms with E-state index < -0.39 is 0 Å². The van der Waals surface area contributed by atoms with Crippen molar-refractivity contribution in [1.29, 1.82) is 0 Å². The van der Waals surface area contributed by atoms with Crippen LogP contribution in [0, 0.1) is 6.92 Å². The van der Waals surface area contributed by atoms with Crippen LogP contribution in [0.2, 0.25) is 5.02 Å². The molecule has 0 heterocycles. The van der Waals surface area contributed by atoms with Crippen molar-refractivity contribution < 1.29 is 9.59 Å². The smallest absolute Gasteiger partial charge is 0.271 e. The largest absolute Gasteiger partial charge is 0.322 e. The molecule has 0 aliphatic heterocycles. The third kappa shape index (κ3) is 5.30. The molecule has 0 aliphatic rings. The van der Waals surface area contributed by atoms with E-state index in [4.69, 9.17) is 11.6 Å². The fraction of sp³-hybridized carbons (Fsp3) is 0.0870. The lowest BCUT2D eigenvalue weighted by Gasteiger charge is -2.08. The molecule has 5 nitrogen and oxygen atoms in total. The first-order chi connectivity index (χ1) is 13.9. The van der Waals surface area contributed by atoms with Gasteiger partial charge in [-0.3, -0.25) is 9.59 Å². The van der Waals surface area contributed by atoms with Gasteiger partial charge in [0.1, 0.15) is 0 Å². The Bertz CT molecular complexity index is 1060. The van der Waals surface area contributed by atoms with E-state index >= 15 is 0 Å². The molecule has 0 bridgehead atoms. The summed E-state index contributed by atoms with van der Waals surface area (Å²) in [4.78, 5) is 24.5. The van der Waals surface area contributed by atoms with Gasteiger partial charge in [0.15, 0.2) is 0 Å². The average Bonchev–Trinajstić information content (AvgIpc) is 2.73. The van der Waals surface area contributed by atoms with Gasteiger partial charge < -0.3 is 5.32 Å². The number of anilines is 1. The van der Waals surface area contributed by atoms with Crippen molar-refractivity contribution in [3.63, 3.8) is 0 Å². The first-order valence-electron chi connectivity index (χ1n) is 9.01. The summed E-state index contributed by atoms with van der Waals surface area (Å²) in [6.07, 6.45) is 0. The molecule has 3 aromatic carbocycles. The number of hydrogen-bond acceptors (Lipinski definition) is 3. The number of hydrogen-bond donors (Lipinski definition) is 2. The zero-order valence-electron chi connectivity index (χ0n) is 16.1. The highest BCUT2D eigenvalue weighted by molar-refractivity contribution is 6.30. The van der Waals surface area contributed by atoms with Crippen LogP contribution in [0.3, 0.4) is 0 Å². The average molecular weight is 406 g/mol. The van der Waals surface area contributed by atoms with Gasteiger partial charge in [0.05, 0.1) is 5.71 Å². The minimum Gasteiger partial charge on any atom is -0.322 e. The highest BCUT2D eigenvalue weighted by atomic mass is 35.5. The lowest BCUT2D eigenvalue weighted by atomic mass is 10.1. The van der Waals surface area contributed by atoms with E-state index in [9.17, 15) is 9.59 Å². The van der Waals surface area contributed by atoms with E-state index in [2.05, 4.69) is 15.8 Å². The molecule has 0 aromatic heterocycles. The SMILES string of the molecule is C/C(=N\NC(=O)c1ccccc1C)c1ccc(NC(=O)c2ccc(Cl)cc2)cc1. The van der Waals surface area contributed by atoms with Crippen LogP contribution < -0.4 is 10.7 Å². The standard InChI is InChI=1S/C23H20ClN3O2/c1-15-5-3-4-6-21(15)23(29)27-26-16(2)17-9-13-20(14-10-17)25-22(28)18-7-11-19(24)12-8-18/h3-14H,1-2H3,(H,25,28)(H,27,29)/b26-16+. The van der Waals surface area contributed by atoms with Crippen LogP contribution in [0.15, 0.2) is 77.9 Å². The highest BCUT2D eigenvalue weighted by Crippen LogP contribution is 2.14. The molecular formula is C23H20ClN3O2. The Labute approximate surface area is 174 Å². The van der Waals surface area contributed by atoms with Gasteiger partial charge in [0.2, 0.25) is 0 Å². The monoisotopic (exact) mass is 405 g/mol. The minimum atomic E-state index is -0.255. The summed E-state index contributed by atoms with van der Waals surface area (Å²) in [5.41, 5.74) is 6.72. The van der Waals surface area contributed by atoms with Crippen molar-refractivity contribution in [3.05, 3.63) is 100 Å². The van der Waals surface area contributed by atoms with Crippen LogP contribution >= 0.6 is 11.6 Å². The minimum absolute atomic E-state index is 0.217. The number of carbonyl (C=O) groups excluding carboxylic acids is 2. The van der Waals surface area contributed by atoms with Crippen LogP contribution in [0.25, 0.3) is 0 Å². The fourth-order valence-corrected chi connectivity index (χ4v) is 2.81. The normalized spacial score (nSPS) is 11.1.